The van der Waals surface area contributed by atoms with Crippen molar-refractivity contribution in [1.82, 2.24) is 26.6 Å². The minimum Gasteiger partial charge on any atom is -0.481 e. The Balaban J connectivity index is 4.14. The first-order valence-electron chi connectivity index (χ1n) is 31.6. The van der Waals surface area contributed by atoms with Gasteiger partial charge in [0, 0.05) is 77.0 Å². The molecule has 0 spiro atoms. The molecule has 11 N–H and O–H groups in total. The Morgan fingerprint density at radius 3 is 1.28 bits per heavy atom. The van der Waals surface area contributed by atoms with Crippen LogP contribution in [0.5, 0.6) is 0 Å². The smallest absolute Gasteiger partial charge is 0.326 e. The number of unbranched alkanes of at least 4 members (excludes halogenated alkanes) is 14. The van der Waals surface area contributed by atoms with E-state index in [2.05, 4.69) is 26.6 Å². The molecule has 0 heterocycles. The number of Topliss-reactive ketones (excluding diaryl/α,β-unsaturated/α-hetero) is 3. The Labute approximate surface area is 522 Å². The van der Waals surface area contributed by atoms with Crippen LogP contribution in [0.2, 0.25) is 0 Å². The van der Waals surface area contributed by atoms with Crippen molar-refractivity contribution in [2.75, 3.05) is 72.6 Å². The van der Waals surface area contributed by atoms with Crippen LogP contribution in [0.3, 0.4) is 0 Å². The third-order valence-corrected chi connectivity index (χ3v) is 14.5. The molecule has 0 saturated carbocycles. The highest BCUT2D eigenvalue weighted by atomic mass is 16.5. The summed E-state index contributed by atoms with van der Waals surface area (Å²) in [6.45, 7) is 1.62. The van der Waals surface area contributed by atoms with E-state index in [1.165, 1.54) is 32.1 Å². The fraction of sp³-hybridized carbons (Fsp3) is 0.787. The van der Waals surface area contributed by atoms with Crippen LogP contribution in [0.15, 0.2) is 0 Å². The molecule has 5 atom stereocenters. The average molecular weight is 1270 g/mol. The number of ether oxygens (including phenoxy) is 4. The number of carbonyl (C=O) groups excluding carboxylic acids is 8. The number of aliphatic hydroxyl groups is 1. The number of amides is 5. The van der Waals surface area contributed by atoms with Crippen LogP contribution < -0.4 is 26.6 Å². The molecule has 510 valence electrons. The topological polar surface area (TPSA) is 440 Å². The molecule has 0 aromatic rings. The molecule has 0 aliphatic rings. The van der Waals surface area contributed by atoms with Gasteiger partial charge in [-0.15, -0.1) is 0 Å². The lowest BCUT2D eigenvalue weighted by Crippen LogP contribution is -2.43. The number of hydrogen-bond donors (Lipinski definition) is 11. The maximum Gasteiger partial charge on any atom is 0.326 e. The number of rotatable bonds is 63. The third kappa shape index (κ3) is 49.0. The number of carboxylic acids is 5. The Bertz CT molecular complexity index is 2110. The second kappa shape index (κ2) is 54.4. The van der Waals surface area contributed by atoms with Crippen LogP contribution in [0.25, 0.3) is 0 Å². The summed E-state index contributed by atoms with van der Waals surface area (Å²) in [5.74, 6) is -11.8. The van der Waals surface area contributed by atoms with Crippen molar-refractivity contribution in [2.45, 2.75) is 224 Å². The van der Waals surface area contributed by atoms with Crippen LogP contribution in [0.1, 0.15) is 206 Å². The fourth-order valence-corrected chi connectivity index (χ4v) is 9.21. The van der Waals surface area contributed by atoms with E-state index in [1.54, 1.807) is 0 Å². The number of carboxylic acid groups (broad SMARTS) is 5. The molecule has 0 rings (SSSR count). The summed E-state index contributed by atoms with van der Waals surface area (Å²) in [5.41, 5.74) is 0. The Hall–Kier alpha value is -6.49. The van der Waals surface area contributed by atoms with Gasteiger partial charge in [-0.3, -0.25) is 47.9 Å². The number of ketones is 3. The number of aliphatic carboxylic acids is 5. The average Bonchev–Trinajstić information content (AvgIpc) is 3.71. The van der Waals surface area contributed by atoms with Gasteiger partial charge < -0.3 is 76.2 Å². The molecule has 0 radical (unpaired) electrons. The Morgan fingerprint density at radius 1 is 0.348 bits per heavy atom. The second-order valence-electron chi connectivity index (χ2n) is 22.0. The largest absolute Gasteiger partial charge is 0.481 e. The highest BCUT2D eigenvalue weighted by Crippen LogP contribution is 2.18. The van der Waals surface area contributed by atoms with E-state index in [9.17, 15) is 82.8 Å². The van der Waals surface area contributed by atoms with Crippen LogP contribution in [-0.2, 0) is 81.3 Å². The molecule has 28 heteroatoms. The van der Waals surface area contributed by atoms with Crippen LogP contribution >= 0.6 is 0 Å². The van der Waals surface area contributed by atoms with Crippen LogP contribution in [0, 0.1) is 11.8 Å². The van der Waals surface area contributed by atoms with Gasteiger partial charge in [0.15, 0.2) is 11.6 Å². The summed E-state index contributed by atoms with van der Waals surface area (Å²) in [6.07, 6.45) is 15.1. The first-order chi connectivity index (χ1) is 42.6. The SMILES string of the molecule is CC[C@@H](CCCCNC(=O)CC[C@H](NC(=O)CC[C@H](CC(=O)CC[C@H](NC(=O)COCCOCCCC(=O)COCCOCCNC(=O)CC[C@H](NC(=O)CCCCCCCCCCCCCCCCC(=O)O)C(=O)O)C(=O)O)C(=O)O)C(=O)O)C(=O)CO. The maximum atomic E-state index is 12.7. The Morgan fingerprint density at radius 2 is 0.787 bits per heavy atom. The molecule has 0 aliphatic carbocycles. The number of hydrogen-bond acceptors (Lipinski definition) is 18. The highest BCUT2D eigenvalue weighted by molar-refractivity contribution is 5.88. The van der Waals surface area contributed by atoms with Crippen molar-refractivity contribution in [3.8, 4) is 0 Å². The quantitative estimate of drug-likeness (QED) is 0.0380. The van der Waals surface area contributed by atoms with E-state index in [-0.39, 0.29) is 141 Å². The van der Waals surface area contributed by atoms with Gasteiger partial charge in [-0.05, 0) is 64.2 Å². The van der Waals surface area contributed by atoms with Gasteiger partial charge in [0.1, 0.15) is 43.7 Å². The third-order valence-electron chi connectivity index (χ3n) is 14.5. The van der Waals surface area contributed by atoms with Crippen molar-refractivity contribution in [3.05, 3.63) is 0 Å². The second-order valence-corrected chi connectivity index (χ2v) is 22.0. The highest BCUT2D eigenvalue weighted by Gasteiger charge is 2.28. The van der Waals surface area contributed by atoms with E-state index in [0.717, 1.165) is 51.4 Å². The molecule has 0 bridgehead atoms. The molecule has 89 heavy (non-hydrogen) atoms. The number of aliphatic hydroxyl groups excluding tert-OH is 1. The minimum atomic E-state index is -1.52. The summed E-state index contributed by atoms with van der Waals surface area (Å²) in [5, 5.41) is 68.4. The first kappa shape index (κ1) is 82.5. The molecule has 0 saturated heterocycles. The van der Waals surface area contributed by atoms with Gasteiger partial charge in [0.25, 0.3) is 0 Å². The monoisotopic (exact) mass is 1270 g/mol. The van der Waals surface area contributed by atoms with Crippen molar-refractivity contribution in [2.24, 2.45) is 11.8 Å². The molecule has 0 aromatic heterocycles. The summed E-state index contributed by atoms with van der Waals surface area (Å²) >= 11 is 0. The van der Waals surface area contributed by atoms with Crippen molar-refractivity contribution in [1.29, 1.82) is 0 Å². The van der Waals surface area contributed by atoms with Gasteiger partial charge in [-0.25, -0.2) is 14.4 Å². The van der Waals surface area contributed by atoms with Gasteiger partial charge in [-0.2, -0.15) is 0 Å². The molecule has 28 nitrogen and oxygen atoms in total. The predicted molar refractivity (Wildman–Crippen MR) is 321 cm³/mol. The van der Waals surface area contributed by atoms with E-state index < -0.39 is 116 Å². The lowest BCUT2D eigenvalue weighted by atomic mass is 9.94. The molecule has 0 unspecified atom stereocenters. The van der Waals surface area contributed by atoms with Crippen molar-refractivity contribution >= 4 is 76.7 Å². The number of carbonyl (C=O) groups is 13. The summed E-state index contributed by atoms with van der Waals surface area (Å²) in [7, 11) is 0. The van der Waals surface area contributed by atoms with E-state index in [0.29, 0.717) is 38.5 Å². The van der Waals surface area contributed by atoms with Gasteiger partial charge in [0.2, 0.25) is 29.5 Å². The number of nitrogens with one attached hydrogen (secondary N) is 5. The van der Waals surface area contributed by atoms with Crippen molar-refractivity contribution < 1.29 is 112 Å². The zero-order valence-electron chi connectivity index (χ0n) is 52.2. The molecular formula is C61H103N5O23. The zero-order chi connectivity index (χ0) is 66.5. The van der Waals surface area contributed by atoms with E-state index in [1.807, 2.05) is 6.92 Å². The molecular weight excluding hydrogens is 1170 g/mol. The predicted octanol–water partition coefficient (Wildman–Crippen LogP) is 4.21. The lowest BCUT2D eigenvalue weighted by molar-refractivity contribution is -0.145. The summed E-state index contributed by atoms with van der Waals surface area (Å²) in [4.78, 5) is 156. The van der Waals surface area contributed by atoms with Crippen LogP contribution in [-0.4, -0.2) is 198 Å². The summed E-state index contributed by atoms with van der Waals surface area (Å²) in [6, 6.07) is -4.16. The molecule has 5 amide bonds. The molecule has 0 aliphatic heterocycles. The molecule has 0 fully saturated rings. The standard InChI is InChI=1S/C61H103N5O23/c1-2-44(51(70)41-67)20-17-18-32-62-52(71)30-27-50(61(84)85)65-55(74)29-24-45(58(78)79)40-46(68)25-26-48(59(80)81)66-56(75)43-89-39-36-86-34-19-21-47(69)42-88-38-37-87-35-33-63-53(72)31-28-49(60(82)83)64-54(73)22-15-13-11-9-7-5-3-4-6-8-10-12-14-16-23-57(76)77/h44-45,48-50,67H,2-43H2,1H3,(H,62,71)(H,63,72)(H,64,73)(H,65,74)(H,66,75)(H,76,77)(H,78,79)(H,80,81)(H,82,83)(H,84,85)/t44-,45+,48-,49-,50-/m0/s1. The van der Waals surface area contributed by atoms with E-state index in [4.69, 9.17) is 29.2 Å². The van der Waals surface area contributed by atoms with Crippen LogP contribution in [0.4, 0.5) is 0 Å². The normalized spacial score (nSPS) is 12.8. The van der Waals surface area contributed by atoms with Gasteiger partial charge in [0.05, 0.1) is 39.0 Å². The van der Waals surface area contributed by atoms with Gasteiger partial charge in [-0.1, -0.05) is 90.4 Å². The van der Waals surface area contributed by atoms with Gasteiger partial charge >= 0.3 is 29.8 Å². The Kier molecular flexibility index (Phi) is 50.5. The van der Waals surface area contributed by atoms with Crippen molar-refractivity contribution in [3.63, 3.8) is 0 Å². The summed E-state index contributed by atoms with van der Waals surface area (Å²) < 4.78 is 21.4. The zero-order valence-corrected chi connectivity index (χ0v) is 52.2. The van der Waals surface area contributed by atoms with E-state index >= 15 is 0 Å². The first-order valence-corrected chi connectivity index (χ1v) is 31.6. The maximum absolute atomic E-state index is 12.7. The lowest BCUT2D eigenvalue weighted by Gasteiger charge is -2.17. The molecule has 0 aromatic carbocycles. The minimum absolute atomic E-state index is 0.0484. The fourth-order valence-electron chi connectivity index (χ4n) is 9.21.